The van der Waals surface area contributed by atoms with Crippen molar-refractivity contribution >= 4 is 17.7 Å². The Bertz CT molecular complexity index is 483. The number of thioether (sulfide) groups is 1. The zero-order valence-electron chi connectivity index (χ0n) is 12.2. The highest BCUT2D eigenvalue weighted by Gasteiger charge is 2.41. The molecular weight excluding hydrogens is 270 g/mol. The number of rotatable bonds is 7. The molecule has 0 aliphatic heterocycles. The van der Waals surface area contributed by atoms with E-state index in [1.807, 2.05) is 0 Å². The Morgan fingerprint density at radius 1 is 1.35 bits per heavy atom. The van der Waals surface area contributed by atoms with Crippen LogP contribution in [0.1, 0.15) is 30.4 Å². The Morgan fingerprint density at radius 3 is 2.70 bits per heavy atom. The number of carbonyl (C=O) groups is 1. The van der Waals surface area contributed by atoms with E-state index in [-0.39, 0.29) is 17.9 Å². The summed E-state index contributed by atoms with van der Waals surface area (Å²) >= 11 is 1.72. The zero-order chi connectivity index (χ0) is 14.6. The lowest BCUT2D eigenvalue weighted by Crippen LogP contribution is -2.31. The highest BCUT2D eigenvalue weighted by atomic mass is 32.2. The SMILES string of the molecule is Cc1ccc(SCCC(=O)NCC2(CO)CC2)cc1C. The third-order valence-electron chi connectivity index (χ3n) is 4.03. The number of hydrogen-bond donors (Lipinski definition) is 2. The van der Waals surface area contributed by atoms with Crippen molar-refractivity contribution in [3.8, 4) is 0 Å². The molecule has 3 nitrogen and oxygen atoms in total. The number of aryl methyl sites for hydroxylation is 2. The molecule has 20 heavy (non-hydrogen) atoms. The number of aliphatic hydroxyl groups excluding tert-OH is 1. The van der Waals surface area contributed by atoms with Gasteiger partial charge in [0.25, 0.3) is 0 Å². The first-order valence-corrected chi connectivity index (χ1v) is 8.11. The summed E-state index contributed by atoms with van der Waals surface area (Å²) in [5.74, 6) is 0.876. The van der Waals surface area contributed by atoms with Gasteiger partial charge in [-0.15, -0.1) is 11.8 Å². The maximum atomic E-state index is 11.7. The van der Waals surface area contributed by atoms with Gasteiger partial charge in [-0.05, 0) is 49.9 Å². The second-order valence-corrected chi connectivity index (χ2v) is 6.95. The third kappa shape index (κ3) is 4.25. The predicted molar refractivity (Wildman–Crippen MR) is 83.0 cm³/mol. The Kier molecular flexibility index (Phi) is 5.11. The van der Waals surface area contributed by atoms with Gasteiger partial charge in [-0.3, -0.25) is 4.79 Å². The molecule has 0 spiro atoms. The van der Waals surface area contributed by atoms with Crippen molar-refractivity contribution in [2.24, 2.45) is 5.41 Å². The van der Waals surface area contributed by atoms with Gasteiger partial charge in [-0.25, -0.2) is 0 Å². The van der Waals surface area contributed by atoms with E-state index < -0.39 is 0 Å². The van der Waals surface area contributed by atoms with E-state index in [0.29, 0.717) is 13.0 Å². The van der Waals surface area contributed by atoms with Crippen molar-refractivity contribution in [3.05, 3.63) is 29.3 Å². The van der Waals surface area contributed by atoms with Crippen LogP contribution in [0, 0.1) is 19.3 Å². The van der Waals surface area contributed by atoms with Gasteiger partial charge in [0.2, 0.25) is 5.91 Å². The molecule has 0 bridgehead atoms. The average Bonchev–Trinajstić information content (AvgIpc) is 3.21. The van der Waals surface area contributed by atoms with Crippen LogP contribution in [0.3, 0.4) is 0 Å². The Labute approximate surface area is 125 Å². The van der Waals surface area contributed by atoms with Gasteiger partial charge in [0.05, 0.1) is 6.61 Å². The van der Waals surface area contributed by atoms with E-state index in [9.17, 15) is 9.90 Å². The van der Waals surface area contributed by atoms with Crippen LogP contribution in [-0.4, -0.2) is 29.9 Å². The average molecular weight is 293 g/mol. The van der Waals surface area contributed by atoms with Gasteiger partial charge >= 0.3 is 0 Å². The summed E-state index contributed by atoms with van der Waals surface area (Å²) in [6, 6.07) is 6.40. The molecule has 4 heteroatoms. The molecule has 110 valence electrons. The number of benzene rings is 1. The summed E-state index contributed by atoms with van der Waals surface area (Å²) < 4.78 is 0. The molecule has 0 unspecified atom stereocenters. The van der Waals surface area contributed by atoms with E-state index in [1.54, 1.807) is 11.8 Å². The van der Waals surface area contributed by atoms with Crippen molar-refractivity contribution in [1.82, 2.24) is 5.32 Å². The highest BCUT2D eigenvalue weighted by molar-refractivity contribution is 7.99. The van der Waals surface area contributed by atoms with E-state index in [1.165, 1.54) is 16.0 Å². The molecule has 2 rings (SSSR count). The van der Waals surface area contributed by atoms with Gasteiger partial charge in [0.15, 0.2) is 0 Å². The number of nitrogens with one attached hydrogen (secondary N) is 1. The van der Waals surface area contributed by atoms with Crippen LogP contribution >= 0.6 is 11.8 Å². The monoisotopic (exact) mass is 293 g/mol. The lowest BCUT2D eigenvalue weighted by Gasteiger charge is -2.12. The van der Waals surface area contributed by atoms with Crippen LogP contribution in [0.2, 0.25) is 0 Å². The first-order valence-electron chi connectivity index (χ1n) is 7.12. The molecule has 2 N–H and O–H groups in total. The van der Waals surface area contributed by atoms with E-state index in [0.717, 1.165) is 18.6 Å². The lowest BCUT2D eigenvalue weighted by atomic mass is 10.1. The number of aliphatic hydroxyl groups is 1. The predicted octanol–water partition coefficient (Wildman–Crippen LogP) is 2.67. The van der Waals surface area contributed by atoms with Crippen molar-refractivity contribution in [3.63, 3.8) is 0 Å². The minimum absolute atomic E-state index is 0.00310. The minimum atomic E-state index is -0.00310. The van der Waals surface area contributed by atoms with Crippen molar-refractivity contribution in [1.29, 1.82) is 0 Å². The molecule has 1 amide bonds. The molecule has 1 aromatic carbocycles. The molecule has 1 aromatic rings. The Morgan fingerprint density at radius 2 is 2.10 bits per heavy atom. The number of hydrogen-bond acceptors (Lipinski definition) is 3. The standard InChI is InChI=1S/C16H23NO2S/c1-12-3-4-14(9-13(12)2)20-8-5-15(19)17-10-16(11-18)6-7-16/h3-4,9,18H,5-8,10-11H2,1-2H3,(H,17,19). The Balaban J connectivity index is 1.67. The molecule has 1 aliphatic carbocycles. The fourth-order valence-electron chi connectivity index (χ4n) is 2.01. The zero-order valence-corrected chi connectivity index (χ0v) is 13.1. The van der Waals surface area contributed by atoms with E-state index in [4.69, 9.17) is 0 Å². The van der Waals surface area contributed by atoms with Crippen molar-refractivity contribution in [2.75, 3.05) is 18.9 Å². The first kappa shape index (κ1) is 15.4. The van der Waals surface area contributed by atoms with Gasteiger partial charge in [-0.1, -0.05) is 6.07 Å². The van der Waals surface area contributed by atoms with Crippen LogP contribution in [0.15, 0.2) is 23.1 Å². The van der Waals surface area contributed by atoms with Gasteiger partial charge in [0, 0.05) is 29.0 Å². The normalized spacial score (nSPS) is 15.9. The summed E-state index contributed by atoms with van der Waals surface area (Å²) in [7, 11) is 0. The first-order chi connectivity index (χ1) is 9.54. The van der Waals surface area contributed by atoms with Crippen molar-refractivity contribution < 1.29 is 9.90 Å². The maximum absolute atomic E-state index is 11.7. The third-order valence-corrected chi connectivity index (χ3v) is 5.02. The van der Waals surface area contributed by atoms with Crippen LogP contribution in [0.5, 0.6) is 0 Å². The summed E-state index contributed by atoms with van der Waals surface area (Å²) in [6.07, 6.45) is 2.58. The molecule has 1 fully saturated rings. The van der Waals surface area contributed by atoms with Gasteiger partial charge < -0.3 is 10.4 Å². The molecule has 1 saturated carbocycles. The van der Waals surface area contributed by atoms with Gasteiger partial charge in [0.1, 0.15) is 0 Å². The fourth-order valence-corrected chi connectivity index (χ4v) is 2.95. The lowest BCUT2D eigenvalue weighted by molar-refractivity contribution is -0.121. The Hall–Kier alpha value is -1.00. The van der Waals surface area contributed by atoms with Crippen molar-refractivity contribution in [2.45, 2.75) is 38.0 Å². The number of carbonyl (C=O) groups excluding carboxylic acids is 1. The molecule has 0 aromatic heterocycles. The summed E-state index contributed by atoms with van der Waals surface area (Å²) in [4.78, 5) is 13.0. The summed E-state index contributed by atoms with van der Waals surface area (Å²) in [5.41, 5.74) is 2.58. The summed E-state index contributed by atoms with van der Waals surface area (Å²) in [5, 5.41) is 12.1. The van der Waals surface area contributed by atoms with E-state index >= 15 is 0 Å². The molecule has 1 aliphatic rings. The summed E-state index contributed by atoms with van der Waals surface area (Å²) in [6.45, 7) is 5.02. The molecular formula is C16H23NO2S. The molecule has 0 atom stereocenters. The minimum Gasteiger partial charge on any atom is -0.396 e. The van der Waals surface area contributed by atoms with Crippen LogP contribution in [0.4, 0.5) is 0 Å². The van der Waals surface area contributed by atoms with Gasteiger partial charge in [-0.2, -0.15) is 0 Å². The second-order valence-electron chi connectivity index (χ2n) is 5.78. The van der Waals surface area contributed by atoms with Crippen LogP contribution < -0.4 is 5.32 Å². The molecule has 0 radical (unpaired) electrons. The second kappa shape index (κ2) is 6.64. The molecule has 0 saturated heterocycles. The quantitative estimate of drug-likeness (QED) is 0.760. The number of amides is 1. The smallest absolute Gasteiger partial charge is 0.220 e. The largest absolute Gasteiger partial charge is 0.396 e. The van der Waals surface area contributed by atoms with Crippen LogP contribution in [-0.2, 0) is 4.79 Å². The van der Waals surface area contributed by atoms with E-state index in [2.05, 4.69) is 37.4 Å². The van der Waals surface area contributed by atoms with Crippen LogP contribution in [0.25, 0.3) is 0 Å². The highest BCUT2D eigenvalue weighted by Crippen LogP contribution is 2.44. The molecule has 0 heterocycles. The topological polar surface area (TPSA) is 49.3 Å². The fraction of sp³-hybridized carbons (Fsp3) is 0.562. The maximum Gasteiger partial charge on any atom is 0.220 e.